The standard InChI is InChI=1S/C20H24N2O2S2/c1-2-25-11-12-26-15-20(21-13-16-7-3-5-9-18(16)23)22-14-17-8-4-6-10-19(17)24/h3-10,13-14,20,23-24H,2,11-12,15H2,1H3/b21-13+,22-14+. The predicted molar refractivity (Wildman–Crippen MR) is 116 cm³/mol. The highest BCUT2D eigenvalue weighted by Crippen LogP contribution is 2.16. The Hall–Kier alpha value is -1.92. The van der Waals surface area contributed by atoms with Gasteiger partial charge in [-0.25, -0.2) is 0 Å². The summed E-state index contributed by atoms with van der Waals surface area (Å²) in [6.45, 7) is 2.16. The SMILES string of the molecule is CCSCCSCC(/N=C/c1ccccc1O)/N=C/c1ccccc1O. The Labute approximate surface area is 163 Å². The van der Waals surface area contributed by atoms with Crippen LogP contribution in [0.1, 0.15) is 18.1 Å². The van der Waals surface area contributed by atoms with Gasteiger partial charge in [-0.2, -0.15) is 23.5 Å². The molecule has 0 aliphatic heterocycles. The number of phenolic OH excluding ortho intramolecular Hbond substituents is 2. The maximum atomic E-state index is 9.87. The first-order valence-corrected chi connectivity index (χ1v) is 10.8. The fourth-order valence-electron chi connectivity index (χ4n) is 2.10. The third-order valence-electron chi connectivity index (χ3n) is 3.49. The highest BCUT2D eigenvalue weighted by Gasteiger charge is 2.05. The van der Waals surface area contributed by atoms with Crippen LogP contribution in [0.15, 0.2) is 58.5 Å². The zero-order chi connectivity index (χ0) is 18.6. The minimum Gasteiger partial charge on any atom is -0.507 e. The Kier molecular flexibility index (Phi) is 9.14. The fourth-order valence-corrected chi connectivity index (χ4v) is 3.88. The molecule has 2 aromatic rings. The van der Waals surface area contributed by atoms with E-state index in [9.17, 15) is 10.2 Å². The van der Waals surface area contributed by atoms with E-state index in [1.165, 1.54) is 0 Å². The zero-order valence-electron chi connectivity index (χ0n) is 14.8. The second-order valence-electron chi connectivity index (χ2n) is 5.43. The van der Waals surface area contributed by atoms with Crippen molar-refractivity contribution < 1.29 is 10.2 Å². The number of phenols is 2. The summed E-state index contributed by atoms with van der Waals surface area (Å²) in [7, 11) is 0. The van der Waals surface area contributed by atoms with E-state index in [1.54, 1.807) is 48.5 Å². The summed E-state index contributed by atoms with van der Waals surface area (Å²) >= 11 is 3.73. The summed E-state index contributed by atoms with van der Waals surface area (Å²) < 4.78 is 0. The number of nitrogens with zero attached hydrogens (tertiary/aromatic N) is 2. The maximum absolute atomic E-state index is 9.87. The molecule has 0 heterocycles. The number of rotatable bonds is 10. The lowest BCUT2D eigenvalue weighted by molar-refractivity contribution is 0.474. The molecule has 0 saturated carbocycles. The molecule has 0 spiro atoms. The van der Waals surface area contributed by atoms with Crippen molar-refractivity contribution >= 4 is 36.0 Å². The predicted octanol–water partition coefficient (Wildman–Crippen LogP) is 4.45. The van der Waals surface area contributed by atoms with Gasteiger partial charge in [0.2, 0.25) is 0 Å². The molecule has 0 unspecified atom stereocenters. The molecule has 138 valence electrons. The van der Waals surface area contributed by atoms with E-state index in [0.717, 1.165) is 23.0 Å². The largest absolute Gasteiger partial charge is 0.507 e. The van der Waals surface area contributed by atoms with Crippen LogP contribution in [0, 0.1) is 0 Å². The lowest BCUT2D eigenvalue weighted by Gasteiger charge is -2.08. The third kappa shape index (κ3) is 7.14. The van der Waals surface area contributed by atoms with Crippen molar-refractivity contribution in [2.75, 3.05) is 23.0 Å². The number of aliphatic imine (C=N–C) groups is 2. The number of aromatic hydroxyl groups is 2. The Morgan fingerprint density at radius 2 is 1.35 bits per heavy atom. The molecule has 26 heavy (non-hydrogen) atoms. The number of para-hydroxylation sites is 2. The Balaban J connectivity index is 2.05. The first kappa shape index (κ1) is 20.4. The van der Waals surface area contributed by atoms with E-state index in [-0.39, 0.29) is 17.7 Å². The average molecular weight is 389 g/mol. The highest BCUT2D eigenvalue weighted by molar-refractivity contribution is 8.02. The van der Waals surface area contributed by atoms with Crippen LogP contribution in [-0.2, 0) is 0 Å². The normalized spacial score (nSPS) is 11.8. The summed E-state index contributed by atoms with van der Waals surface area (Å²) in [6, 6.07) is 14.2. The Bertz CT molecular complexity index is 680. The molecule has 0 amide bonds. The van der Waals surface area contributed by atoms with Gasteiger partial charge in [-0.1, -0.05) is 31.2 Å². The van der Waals surface area contributed by atoms with Crippen LogP contribution < -0.4 is 0 Å². The molecule has 0 aliphatic rings. The molecule has 0 aliphatic carbocycles. The van der Waals surface area contributed by atoms with Crippen molar-refractivity contribution in [2.45, 2.75) is 13.1 Å². The minimum absolute atomic E-state index is 0.201. The van der Waals surface area contributed by atoms with Crippen LogP contribution >= 0.6 is 23.5 Å². The molecule has 0 bridgehead atoms. The maximum Gasteiger partial charge on any atom is 0.148 e. The van der Waals surface area contributed by atoms with Gasteiger partial charge in [0.25, 0.3) is 0 Å². The Morgan fingerprint density at radius 3 is 1.85 bits per heavy atom. The van der Waals surface area contributed by atoms with Crippen LogP contribution in [0.4, 0.5) is 0 Å². The molecular formula is C20H24N2O2S2. The number of thioether (sulfide) groups is 2. The quantitative estimate of drug-likeness (QED) is 0.466. The van der Waals surface area contributed by atoms with Crippen LogP contribution in [0.5, 0.6) is 11.5 Å². The molecular weight excluding hydrogens is 364 g/mol. The van der Waals surface area contributed by atoms with Crippen LogP contribution in [0.3, 0.4) is 0 Å². The summed E-state index contributed by atoms with van der Waals surface area (Å²) in [4.78, 5) is 9.05. The molecule has 6 heteroatoms. The molecule has 4 nitrogen and oxygen atoms in total. The van der Waals surface area contributed by atoms with Crippen LogP contribution in [0.2, 0.25) is 0 Å². The van der Waals surface area contributed by atoms with Crippen molar-refractivity contribution in [2.24, 2.45) is 9.98 Å². The highest BCUT2D eigenvalue weighted by atomic mass is 32.2. The zero-order valence-corrected chi connectivity index (χ0v) is 16.4. The van der Waals surface area contributed by atoms with Gasteiger partial charge in [0, 0.05) is 40.8 Å². The lowest BCUT2D eigenvalue weighted by Crippen LogP contribution is -2.07. The molecule has 0 saturated heterocycles. The van der Waals surface area contributed by atoms with E-state index in [2.05, 4.69) is 16.9 Å². The number of hydrogen-bond donors (Lipinski definition) is 2. The second-order valence-corrected chi connectivity index (χ2v) is 7.97. The van der Waals surface area contributed by atoms with Crippen LogP contribution in [0.25, 0.3) is 0 Å². The van der Waals surface area contributed by atoms with E-state index < -0.39 is 0 Å². The van der Waals surface area contributed by atoms with Crippen molar-refractivity contribution in [3.63, 3.8) is 0 Å². The molecule has 2 aromatic carbocycles. The van der Waals surface area contributed by atoms with E-state index in [4.69, 9.17) is 0 Å². The second kappa shape index (κ2) is 11.6. The molecule has 2 N–H and O–H groups in total. The summed E-state index contributed by atoms with van der Waals surface area (Å²) in [5, 5.41) is 19.7. The van der Waals surface area contributed by atoms with Gasteiger partial charge in [0.05, 0.1) is 0 Å². The van der Waals surface area contributed by atoms with E-state index in [1.807, 2.05) is 36.0 Å². The number of hydrogen-bond acceptors (Lipinski definition) is 6. The van der Waals surface area contributed by atoms with Gasteiger partial charge in [-0.3, -0.25) is 9.98 Å². The summed E-state index contributed by atoms with van der Waals surface area (Å²) in [5.41, 5.74) is 1.34. The minimum atomic E-state index is -0.272. The summed E-state index contributed by atoms with van der Waals surface area (Å²) in [6.07, 6.45) is 3.04. The van der Waals surface area contributed by atoms with E-state index >= 15 is 0 Å². The van der Waals surface area contributed by atoms with Crippen molar-refractivity contribution in [3.8, 4) is 11.5 Å². The van der Waals surface area contributed by atoms with Crippen molar-refractivity contribution in [3.05, 3.63) is 59.7 Å². The van der Waals surface area contributed by atoms with Gasteiger partial charge in [-0.05, 0) is 30.0 Å². The first-order chi connectivity index (χ1) is 12.7. The Morgan fingerprint density at radius 1 is 0.846 bits per heavy atom. The lowest BCUT2D eigenvalue weighted by atomic mass is 10.2. The van der Waals surface area contributed by atoms with Gasteiger partial charge in [0.15, 0.2) is 0 Å². The van der Waals surface area contributed by atoms with Crippen molar-refractivity contribution in [1.82, 2.24) is 0 Å². The molecule has 0 fully saturated rings. The van der Waals surface area contributed by atoms with Gasteiger partial charge in [-0.15, -0.1) is 0 Å². The smallest absolute Gasteiger partial charge is 0.148 e. The van der Waals surface area contributed by atoms with Gasteiger partial charge in [0.1, 0.15) is 17.7 Å². The molecule has 0 atom stereocenters. The summed E-state index contributed by atoms with van der Waals surface area (Å²) in [5.74, 6) is 4.44. The number of benzene rings is 2. The van der Waals surface area contributed by atoms with E-state index in [0.29, 0.717) is 11.1 Å². The first-order valence-electron chi connectivity index (χ1n) is 8.48. The topological polar surface area (TPSA) is 65.2 Å². The monoisotopic (exact) mass is 388 g/mol. The van der Waals surface area contributed by atoms with Crippen LogP contribution in [-0.4, -0.2) is 51.8 Å². The molecule has 0 radical (unpaired) electrons. The fraction of sp³-hybridized carbons (Fsp3) is 0.300. The third-order valence-corrected chi connectivity index (χ3v) is 5.67. The average Bonchev–Trinajstić information content (AvgIpc) is 2.65. The van der Waals surface area contributed by atoms with Crippen molar-refractivity contribution in [1.29, 1.82) is 0 Å². The van der Waals surface area contributed by atoms with Gasteiger partial charge >= 0.3 is 0 Å². The van der Waals surface area contributed by atoms with Gasteiger partial charge < -0.3 is 10.2 Å². The molecule has 2 rings (SSSR count). The molecule has 0 aromatic heterocycles.